The van der Waals surface area contributed by atoms with E-state index in [-0.39, 0.29) is 11.3 Å². The normalized spacial score (nSPS) is 14.4. The number of aromatic carboxylic acids is 1. The second-order valence-corrected chi connectivity index (χ2v) is 4.43. The summed E-state index contributed by atoms with van der Waals surface area (Å²) in [5, 5.41) is 9.33. The average Bonchev–Trinajstić information content (AvgIpc) is 2.48. The van der Waals surface area contributed by atoms with E-state index in [2.05, 4.69) is 15.9 Å². The van der Waals surface area contributed by atoms with Crippen molar-refractivity contribution in [1.29, 1.82) is 0 Å². The summed E-state index contributed by atoms with van der Waals surface area (Å²) in [6.07, 6.45) is 0.706. The van der Waals surface area contributed by atoms with Crippen LogP contribution in [-0.2, 0) is 0 Å². The van der Waals surface area contributed by atoms with Crippen LogP contribution >= 0.6 is 27.5 Å². The summed E-state index contributed by atoms with van der Waals surface area (Å²) >= 11 is 9.16. The largest absolute Gasteiger partial charge is 0.489 e. The summed E-state index contributed by atoms with van der Waals surface area (Å²) in [5.74, 6) is -0.486. The first-order valence-corrected chi connectivity index (χ1v) is 5.79. The molecule has 1 aromatic rings. The van der Waals surface area contributed by atoms with Crippen molar-refractivity contribution in [3.8, 4) is 11.5 Å². The highest BCUT2D eigenvalue weighted by molar-refractivity contribution is 9.10. The first-order valence-electron chi connectivity index (χ1n) is 4.62. The van der Waals surface area contributed by atoms with Crippen molar-refractivity contribution in [2.24, 2.45) is 0 Å². The van der Waals surface area contributed by atoms with Crippen molar-refractivity contribution in [1.82, 2.24) is 0 Å². The molecule has 0 saturated carbocycles. The Morgan fingerprint density at radius 1 is 1.38 bits per heavy atom. The third-order valence-corrected chi connectivity index (χ3v) is 3.46. The highest BCUT2D eigenvalue weighted by Crippen LogP contribution is 2.44. The quantitative estimate of drug-likeness (QED) is 0.866. The van der Waals surface area contributed by atoms with Crippen LogP contribution in [0.25, 0.3) is 0 Å². The molecule has 0 spiro atoms. The smallest absolute Gasteiger partial charge is 0.339 e. The number of carbonyl (C=O) groups is 1. The molecule has 4 nitrogen and oxygen atoms in total. The lowest BCUT2D eigenvalue weighted by Gasteiger charge is -2.12. The molecule has 1 aliphatic heterocycles. The monoisotopic (exact) mass is 306 g/mol. The van der Waals surface area contributed by atoms with Crippen LogP contribution in [0.1, 0.15) is 16.8 Å². The molecule has 0 fully saturated rings. The molecule has 0 unspecified atom stereocenters. The van der Waals surface area contributed by atoms with Gasteiger partial charge in [-0.2, -0.15) is 0 Å². The summed E-state index contributed by atoms with van der Waals surface area (Å²) in [7, 11) is 0. The van der Waals surface area contributed by atoms with E-state index >= 15 is 0 Å². The molecule has 2 rings (SSSR count). The topological polar surface area (TPSA) is 55.8 Å². The number of fused-ring (bicyclic) bond motifs is 1. The maximum absolute atomic E-state index is 11.0. The Hall–Kier alpha value is -0.940. The molecule has 0 saturated heterocycles. The predicted octanol–water partition coefficient (Wildman–Crippen LogP) is 2.96. The van der Waals surface area contributed by atoms with Gasteiger partial charge in [0, 0.05) is 6.42 Å². The minimum atomic E-state index is -1.09. The van der Waals surface area contributed by atoms with Gasteiger partial charge >= 0.3 is 5.97 Å². The lowest BCUT2D eigenvalue weighted by Crippen LogP contribution is -2.03. The fourth-order valence-electron chi connectivity index (χ4n) is 1.42. The van der Waals surface area contributed by atoms with E-state index in [1.165, 1.54) is 6.07 Å². The second kappa shape index (κ2) is 4.51. The zero-order valence-corrected chi connectivity index (χ0v) is 10.5. The van der Waals surface area contributed by atoms with E-state index in [9.17, 15) is 4.79 Å². The van der Waals surface area contributed by atoms with Crippen LogP contribution in [0.3, 0.4) is 0 Å². The van der Waals surface area contributed by atoms with Crippen LogP contribution in [-0.4, -0.2) is 24.3 Å². The average molecular weight is 308 g/mol. The summed E-state index contributed by atoms with van der Waals surface area (Å²) in [4.78, 5) is 11.0. The summed E-state index contributed by atoms with van der Waals surface area (Å²) in [5.41, 5.74) is 0.0186. The molecule has 6 heteroatoms. The Morgan fingerprint density at radius 3 is 2.62 bits per heavy atom. The Kier molecular flexibility index (Phi) is 3.25. The molecule has 1 aromatic carbocycles. The Morgan fingerprint density at radius 2 is 2.00 bits per heavy atom. The lowest BCUT2D eigenvalue weighted by atomic mass is 10.2. The molecule has 16 heavy (non-hydrogen) atoms. The van der Waals surface area contributed by atoms with Gasteiger partial charge in [0.1, 0.15) is 5.56 Å². The standard InChI is InChI=1S/C10H8BrClO4/c11-7-6(12)4-5(10(13)14)8-9(7)16-3-1-2-15-8/h4H,1-3H2,(H,13,14). The third-order valence-electron chi connectivity index (χ3n) is 2.14. The summed E-state index contributed by atoms with van der Waals surface area (Å²) < 4.78 is 11.3. The van der Waals surface area contributed by atoms with E-state index in [0.717, 1.165) is 0 Å². The van der Waals surface area contributed by atoms with E-state index in [0.29, 0.717) is 34.9 Å². The number of ether oxygens (including phenoxy) is 2. The molecule has 1 heterocycles. The molecule has 0 aliphatic carbocycles. The fourth-order valence-corrected chi connectivity index (χ4v) is 2.03. The van der Waals surface area contributed by atoms with Crippen LogP contribution in [0.5, 0.6) is 11.5 Å². The van der Waals surface area contributed by atoms with Crippen molar-refractivity contribution in [2.45, 2.75) is 6.42 Å². The summed E-state index contributed by atoms with van der Waals surface area (Å²) in [6, 6.07) is 1.35. The molecule has 0 aromatic heterocycles. The lowest BCUT2D eigenvalue weighted by molar-refractivity contribution is 0.0692. The van der Waals surface area contributed by atoms with E-state index in [4.69, 9.17) is 26.2 Å². The highest BCUT2D eigenvalue weighted by atomic mass is 79.9. The molecule has 0 atom stereocenters. The molecular formula is C10H8BrClO4. The Balaban J connectivity index is 2.64. The Labute approximate surface area is 105 Å². The van der Waals surface area contributed by atoms with Crippen molar-refractivity contribution in [2.75, 3.05) is 13.2 Å². The van der Waals surface area contributed by atoms with Crippen LogP contribution in [0.4, 0.5) is 0 Å². The van der Waals surface area contributed by atoms with E-state index < -0.39 is 5.97 Å². The number of hydrogen-bond donors (Lipinski definition) is 1. The van der Waals surface area contributed by atoms with Crippen molar-refractivity contribution >= 4 is 33.5 Å². The molecule has 86 valence electrons. The van der Waals surface area contributed by atoms with E-state index in [1.807, 2.05) is 0 Å². The zero-order valence-electron chi connectivity index (χ0n) is 8.13. The SMILES string of the molecule is O=C(O)c1cc(Cl)c(Br)c2c1OCCCO2. The van der Waals surface area contributed by atoms with Crippen molar-refractivity contribution < 1.29 is 19.4 Å². The van der Waals surface area contributed by atoms with Gasteiger partial charge in [-0.3, -0.25) is 0 Å². The van der Waals surface area contributed by atoms with Crippen LogP contribution < -0.4 is 9.47 Å². The van der Waals surface area contributed by atoms with Crippen molar-refractivity contribution in [3.63, 3.8) is 0 Å². The zero-order chi connectivity index (χ0) is 11.7. The van der Waals surface area contributed by atoms with Gasteiger partial charge in [0.15, 0.2) is 11.5 Å². The third kappa shape index (κ3) is 1.97. The number of carboxylic acid groups (broad SMARTS) is 1. The molecule has 1 N–H and O–H groups in total. The minimum Gasteiger partial charge on any atom is -0.489 e. The van der Waals surface area contributed by atoms with Crippen LogP contribution in [0.2, 0.25) is 5.02 Å². The molecule has 0 radical (unpaired) electrons. The van der Waals surface area contributed by atoms with Gasteiger partial charge in [-0.1, -0.05) is 11.6 Å². The molecule has 1 aliphatic rings. The first kappa shape index (κ1) is 11.5. The minimum absolute atomic E-state index is 0.0186. The molecular weight excluding hydrogens is 299 g/mol. The maximum atomic E-state index is 11.0. The van der Waals surface area contributed by atoms with Gasteiger partial charge < -0.3 is 14.6 Å². The molecule has 0 bridgehead atoms. The highest BCUT2D eigenvalue weighted by Gasteiger charge is 2.24. The van der Waals surface area contributed by atoms with Gasteiger partial charge in [-0.15, -0.1) is 0 Å². The molecule has 0 amide bonds. The predicted molar refractivity (Wildman–Crippen MR) is 61.7 cm³/mol. The van der Waals surface area contributed by atoms with Gasteiger partial charge in [0.2, 0.25) is 0 Å². The van der Waals surface area contributed by atoms with Gasteiger partial charge in [-0.25, -0.2) is 4.79 Å². The number of rotatable bonds is 1. The maximum Gasteiger partial charge on any atom is 0.339 e. The first-order chi connectivity index (χ1) is 7.61. The van der Waals surface area contributed by atoms with Gasteiger partial charge in [0.05, 0.1) is 22.7 Å². The number of carboxylic acids is 1. The van der Waals surface area contributed by atoms with Crippen LogP contribution in [0.15, 0.2) is 10.5 Å². The van der Waals surface area contributed by atoms with E-state index in [1.54, 1.807) is 0 Å². The van der Waals surface area contributed by atoms with Crippen LogP contribution in [0, 0.1) is 0 Å². The van der Waals surface area contributed by atoms with Gasteiger partial charge in [0.25, 0.3) is 0 Å². The van der Waals surface area contributed by atoms with Gasteiger partial charge in [-0.05, 0) is 22.0 Å². The number of hydrogen-bond acceptors (Lipinski definition) is 3. The Bertz CT molecular complexity index is 447. The van der Waals surface area contributed by atoms with Crippen molar-refractivity contribution in [3.05, 3.63) is 21.1 Å². The second-order valence-electron chi connectivity index (χ2n) is 3.23. The summed E-state index contributed by atoms with van der Waals surface area (Å²) in [6.45, 7) is 0.909. The fraction of sp³-hybridized carbons (Fsp3) is 0.300. The number of halogens is 2. The number of benzene rings is 1.